The van der Waals surface area contributed by atoms with Crippen molar-refractivity contribution in [3.8, 4) is 0 Å². The Morgan fingerprint density at radius 1 is 1.33 bits per heavy atom. The molecule has 1 unspecified atom stereocenters. The maximum atomic E-state index is 12.0. The van der Waals surface area contributed by atoms with Crippen molar-refractivity contribution in [3.63, 3.8) is 0 Å². The van der Waals surface area contributed by atoms with E-state index in [0.717, 1.165) is 32.4 Å². The van der Waals surface area contributed by atoms with Crippen LogP contribution in [0, 0.1) is 0 Å². The van der Waals surface area contributed by atoms with Crippen LogP contribution in [0.25, 0.3) is 0 Å². The number of benzene rings is 1. The number of hydrogen-bond donors (Lipinski definition) is 3. The van der Waals surface area contributed by atoms with E-state index < -0.39 is 18.6 Å². The minimum atomic E-state index is -1.35. The Bertz CT molecular complexity index is 456. The molecule has 21 heavy (non-hydrogen) atoms. The highest BCUT2D eigenvalue weighted by atomic mass is 16.3. The smallest absolute Gasteiger partial charge is 0.251 e. The van der Waals surface area contributed by atoms with Gasteiger partial charge < -0.3 is 20.4 Å². The minimum Gasteiger partial charge on any atom is -0.393 e. The van der Waals surface area contributed by atoms with Gasteiger partial charge in [0.25, 0.3) is 5.91 Å². The number of aliphatic hydroxyl groups excluding tert-OH is 2. The molecule has 1 aliphatic heterocycles. The van der Waals surface area contributed by atoms with Gasteiger partial charge in [0.1, 0.15) is 0 Å². The molecule has 3 N–H and O–H groups in total. The van der Waals surface area contributed by atoms with Gasteiger partial charge in [-0.2, -0.15) is 0 Å². The highest BCUT2D eigenvalue weighted by molar-refractivity contribution is 5.81. The summed E-state index contributed by atoms with van der Waals surface area (Å²) in [6.45, 7) is 1.26. The Kier molecular flexibility index (Phi) is 5.33. The molecule has 1 aromatic rings. The van der Waals surface area contributed by atoms with Crippen LogP contribution in [0.5, 0.6) is 0 Å². The first-order chi connectivity index (χ1) is 10.0. The lowest BCUT2D eigenvalue weighted by molar-refractivity contribution is -0.133. The second-order valence-corrected chi connectivity index (χ2v) is 5.93. The van der Waals surface area contributed by atoms with Gasteiger partial charge in [-0.05, 0) is 31.9 Å². The molecule has 0 aliphatic carbocycles. The Hall–Kier alpha value is -1.43. The molecule has 116 valence electrons. The largest absolute Gasteiger partial charge is 0.393 e. The quantitative estimate of drug-likeness (QED) is 0.723. The highest BCUT2D eigenvalue weighted by Crippen LogP contribution is 2.26. The van der Waals surface area contributed by atoms with Crippen LogP contribution >= 0.6 is 0 Å². The van der Waals surface area contributed by atoms with E-state index in [4.69, 9.17) is 5.11 Å². The Labute approximate surface area is 125 Å². The lowest BCUT2D eigenvalue weighted by atomic mass is 9.81. The standard InChI is InChI=1S/C16H24N2O3/c1-18-9-7-16(8-10-18,17-15(21)14(20)12-19)11-13-5-3-2-4-6-13/h2-6,14,19-20H,7-12H2,1H3,(H,17,21). The first kappa shape index (κ1) is 15.9. The van der Waals surface area contributed by atoms with Crippen LogP contribution < -0.4 is 5.32 Å². The van der Waals surface area contributed by atoms with E-state index in [2.05, 4.69) is 29.4 Å². The van der Waals surface area contributed by atoms with Crippen molar-refractivity contribution in [2.45, 2.75) is 30.9 Å². The second kappa shape index (κ2) is 7.02. The topological polar surface area (TPSA) is 72.8 Å². The van der Waals surface area contributed by atoms with E-state index in [1.807, 2.05) is 18.2 Å². The number of nitrogens with zero attached hydrogens (tertiary/aromatic N) is 1. The highest BCUT2D eigenvalue weighted by Gasteiger charge is 2.36. The van der Waals surface area contributed by atoms with Crippen LogP contribution in [0.2, 0.25) is 0 Å². The predicted molar refractivity (Wildman–Crippen MR) is 80.8 cm³/mol. The third-order valence-corrected chi connectivity index (χ3v) is 4.19. The van der Waals surface area contributed by atoms with Crippen LogP contribution in [-0.4, -0.2) is 59.4 Å². The molecule has 0 spiro atoms. The molecular weight excluding hydrogens is 268 g/mol. The molecule has 0 aromatic heterocycles. The van der Waals surface area contributed by atoms with E-state index in [0.29, 0.717) is 0 Å². The van der Waals surface area contributed by atoms with Crippen molar-refractivity contribution in [2.75, 3.05) is 26.7 Å². The van der Waals surface area contributed by atoms with E-state index in [1.54, 1.807) is 0 Å². The average Bonchev–Trinajstić information content (AvgIpc) is 2.50. The molecule has 1 saturated heterocycles. The lowest BCUT2D eigenvalue weighted by Gasteiger charge is -2.42. The van der Waals surface area contributed by atoms with Crippen molar-refractivity contribution in [1.29, 1.82) is 0 Å². The summed E-state index contributed by atoms with van der Waals surface area (Å²) < 4.78 is 0. The summed E-state index contributed by atoms with van der Waals surface area (Å²) in [5.41, 5.74) is 0.821. The third kappa shape index (κ3) is 4.27. The summed E-state index contributed by atoms with van der Waals surface area (Å²) in [6.07, 6.45) is 1.06. The lowest BCUT2D eigenvalue weighted by Crippen LogP contribution is -2.58. The molecule has 5 heteroatoms. The van der Waals surface area contributed by atoms with Gasteiger partial charge in [0.2, 0.25) is 0 Å². The first-order valence-corrected chi connectivity index (χ1v) is 7.38. The van der Waals surface area contributed by atoms with Crippen LogP contribution in [0.3, 0.4) is 0 Å². The van der Waals surface area contributed by atoms with Crippen LogP contribution in [0.4, 0.5) is 0 Å². The molecule has 1 amide bonds. The number of rotatable bonds is 5. The van der Waals surface area contributed by atoms with E-state index in [9.17, 15) is 9.90 Å². The molecule has 0 radical (unpaired) electrons. The van der Waals surface area contributed by atoms with E-state index in [-0.39, 0.29) is 5.54 Å². The van der Waals surface area contributed by atoms with E-state index in [1.165, 1.54) is 5.56 Å². The van der Waals surface area contributed by atoms with Crippen LogP contribution in [-0.2, 0) is 11.2 Å². The van der Waals surface area contributed by atoms with E-state index >= 15 is 0 Å². The summed E-state index contributed by atoms with van der Waals surface area (Å²) in [4.78, 5) is 14.2. The van der Waals surface area contributed by atoms with Crippen molar-refractivity contribution in [1.82, 2.24) is 10.2 Å². The van der Waals surface area contributed by atoms with Crippen molar-refractivity contribution < 1.29 is 15.0 Å². The zero-order valence-corrected chi connectivity index (χ0v) is 12.5. The van der Waals surface area contributed by atoms with Crippen molar-refractivity contribution >= 4 is 5.91 Å². The fourth-order valence-corrected chi connectivity index (χ4v) is 2.81. The number of carbonyl (C=O) groups is 1. The SMILES string of the molecule is CN1CCC(Cc2ccccc2)(NC(=O)C(O)CO)CC1. The summed E-state index contributed by atoms with van der Waals surface area (Å²) in [5, 5.41) is 21.4. The number of nitrogens with one attached hydrogen (secondary N) is 1. The zero-order valence-electron chi connectivity index (χ0n) is 12.5. The number of likely N-dealkylation sites (tertiary alicyclic amines) is 1. The Balaban J connectivity index is 2.13. The summed E-state index contributed by atoms with van der Waals surface area (Å²) >= 11 is 0. The molecular formula is C16H24N2O3. The number of carbonyl (C=O) groups excluding carboxylic acids is 1. The second-order valence-electron chi connectivity index (χ2n) is 5.93. The minimum absolute atomic E-state index is 0.346. The van der Waals surface area contributed by atoms with Gasteiger partial charge in [0, 0.05) is 18.6 Å². The monoisotopic (exact) mass is 292 g/mol. The average molecular weight is 292 g/mol. The fourth-order valence-electron chi connectivity index (χ4n) is 2.81. The van der Waals surface area contributed by atoms with Crippen LogP contribution in [0.1, 0.15) is 18.4 Å². The first-order valence-electron chi connectivity index (χ1n) is 7.38. The third-order valence-electron chi connectivity index (χ3n) is 4.19. The molecule has 1 aliphatic rings. The Morgan fingerprint density at radius 3 is 2.52 bits per heavy atom. The summed E-state index contributed by atoms with van der Waals surface area (Å²) in [7, 11) is 2.07. The van der Waals surface area contributed by atoms with Crippen molar-refractivity contribution in [2.24, 2.45) is 0 Å². The van der Waals surface area contributed by atoms with Gasteiger partial charge in [-0.1, -0.05) is 30.3 Å². The predicted octanol–water partition coefficient (Wildman–Crippen LogP) is 0.163. The molecule has 0 saturated carbocycles. The molecule has 1 fully saturated rings. The van der Waals surface area contributed by atoms with Gasteiger partial charge >= 0.3 is 0 Å². The van der Waals surface area contributed by atoms with Gasteiger partial charge in [0.15, 0.2) is 6.10 Å². The molecule has 2 rings (SSSR count). The van der Waals surface area contributed by atoms with Gasteiger partial charge in [-0.15, -0.1) is 0 Å². The van der Waals surface area contributed by atoms with Crippen LogP contribution in [0.15, 0.2) is 30.3 Å². The van der Waals surface area contributed by atoms with Gasteiger partial charge in [0.05, 0.1) is 6.61 Å². The molecule has 1 heterocycles. The fraction of sp³-hybridized carbons (Fsp3) is 0.562. The molecule has 5 nitrogen and oxygen atoms in total. The zero-order chi connectivity index (χ0) is 15.3. The summed E-state index contributed by atoms with van der Waals surface area (Å²) in [5.74, 6) is -0.488. The summed E-state index contributed by atoms with van der Waals surface area (Å²) in [6, 6.07) is 10.0. The number of amides is 1. The molecule has 1 atom stereocenters. The number of piperidine rings is 1. The maximum absolute atomic E-state index is 12.0. The molecule has 1 aromatic carbocycles. The normalized spacial score (nSPS) is 20.0. The number of hydrogen-bond acceptors (Lipinski definition) is 4. The Morgan fingerprint density at radius 2 is 1.95 bits per heavy atom. The molecule has 0 bridgehead atoms. The van der Waals surface area contributed by atoms with Gasteiger partial charge in [-0.3, -0.25) is 4.79 Å². The maximum Gasteiger partial charge on any atom is 0.251 e. The van der Waals surface area contributed by atoms with Crippen molar-refractivity contribution in [3.05, 3.63) is 35.9 Å². The number of aliphatic hydroxyl groups is 2. The van der Waals surface area contributed by atoms with Gasteiger partial charge in [-0.25, -0.2) is 0 Å².